The summed E-state index contributed by atoms with van der Waals surface area (Å²) in [4.78, 5) is 11.4. The zero-order valence-electron chi connectivity index (χ0n) is 13.0. The van der Waals surface area contributed by atoms with Gasteiger partial charge in [0.1, 0.15) is 11.3 Å². The third-order valence-electron chi connectivity index (χ3n) is 3.68. The first-order valence-electron chi connectivity index (χ1n) is 7.03. The molecule has 3 aromatic rings. The van der Waals surface area contributed by atoms with Gasteiger partial charge in [-0.15, -0.1) is 0 Å². The molecule has 0 aliphatic carbocycles. The Hall–Kier alpha value is -2.95. The fraction of sp³-hybridized carbons (Fsp3) is 0.167. The minimum Gasteiger partial charge on any atom is -0.493 e. The standard InChI is InChI=1S/C18H16O5/c1-10-6-13(18(19)20)12-9-15(23-16(12)7-10)11-4-5-14(21-2)17(8-11)22-3/h4-9H,1-3H3,(H,19,20). The Morgan fingerprint density at radius 3 is 2.43 bits per heavy atom. The van der Waals surface area contributed by atoms with Crippen molar-refractivity contribution in [1.82, 2.24) is 0 Å². The van der Waals surface area contributed by atoms with E-state index in [4.69, 9.17) is 13.9 Å². The van der Waals surface area contributed by atoms with E-state index in [9.17, 15) is 9.90 Å². The van der Waals surface area contributed by atoms with Crippen molar-refractivity contribution < 1.29 is 23.8 Å². The number of aromatic carboxylic acids is 1. The number of methoxy groups -OCH3 is 2. The molecule has 0 aliphatic rings. The van der Waals surface area contributed by atoms with Crippen LogP contribution in [0.2, 0.25) is 0 Å². The van der Waals surface area contributed by atoms with E-state index in [0.29, 0.717) is 28.2 Å². The van der Waals surface area contributed by atoms with Gasteiger partial charge in [-0.3, -0.25) is 0 Å². The average Bonchev–Trinajstić information content (AvgIpc) is 2.96. The molecule has 0 radical (unpaired) electrons. The first-order valence-corrected chi connectivity index (χ1v) is 7.03. The second-order valence-electron chi connectivity index (χ2n) is 5.21. The van der Waals surface area contributed by atoms with Gasteiger partial charge in [-0.05, 0) is 48.9 Å². The Kier molecular flexibility index (Phi) is 3.70. The largest absolute Gasteiger partial charge is 0.493 e. The Bertz CT molecular complexity index is 892. The van der Waals surface area contributed by atoms with Gasteiger partial charge in [-0.25, -0.2) is 4.79 Å². The Morgan fingerprint density at radius 1 is 1.04 bits per heavy atom. The Balaban J connectivity index is 2.18. The molecule has 0 fully saturated rings. The quantitative estimate of drug-likeness (QED) is 0.784. The van der Waals surface area contributed by atoms with Crippen molar-refractivity contribution in [3.63, 3.8) is 0 Å². The molecule has 1 heterocycles. The van der Waals surface area contributed by atoms with Crippen LogP contribution in [0.1, 0.15) is 15.9 Å². The number of aryl methyl sites for hydroxylation is 1. The molecular weight excluding hydrogens is 296 g/mol. The van der Waals surface area contributed by atoms with Crippen LogP contribution in [0.4, 0.5) is 0 Å². The van der Waals surface area contributed by atoms with E-state index in [1.165, 1.54) is 0 Å². The lowest BCUT2D eigenvalue weighted by molar-refractivity contribution is 0.0699. The van der Waals surface area contributed by atoms with Gasteiger partial charge in [-0.2, -0.15) is 0 Å². The van der Waals surface area contributed by atoms with E-state index in [1.807, 2.05) is 19.1 Å². The molecular formula is C18H16O5. The van der Waals surface area contributed by atoms with E-state index >= 15 is 0 Å². The van der Waals surface area contributed by atoms with E-state index in [2.05, 4.69) is 0 Å². The maximum absolute atomic E-state index is 11.4. The van der Waals surface area contributed by atoms with Crippen LogP contribution in [0, 0.1) is 6.92 Å². The monoisotopic (exact) mass is 312 g/mol. The van der Waals surface area contributed by atoms with E-state index in [1.54, 1.807) is 38.5 Å². The minimum absolute atomic E-state index is 0.232. The number of furan rings is 1. The molecule has 118 valence electrons. The summed E-state index contributed by atoms with van der Waals surface area (Å²) in [6.45, 7) is 1.84. The molecule has 1 aromatic heterocycles. The summed E-state index contributed by atoms with van der Waals surface area (Å²) in [6.07, 6.45) is 0. The maximum atomic E-state index is 11.4. The van der Waals surface area contributed by atoms with Crippen LogP contribution in [0.15, 0.2) is 40.8 Å². The van der Waals surface area contributed by atoms with Gasteiger partial charge in [0.2, 0.25) is 0 Å². The lowest BCUT2D eigenvalue weighted by Gasteiger charge is -2.08. The number of carbonyl (C=O) groups is 1. The fourth-order valence-electron chi connectivity index (χ4n) is 2.59. The smallest absolute Gasteiger partial charge is 0.336 e. The molecule has 0 spiro atoms. The zero-order chi connectivity index (χ0) is 16.6. The minimum atomic E-state index is -0.974. The van der Waals surface area contributed by atoms with Crippen LogP contribution in [-0.2, 0) is 0 Å². The van der Waals surface area contributed by atoms with Gasteiger partial charge in [0.25, 0.3) is 0 Å². The van der Waals surface area contributed by atoms with Crippen LogP contribution in [0.3, 0.4) is 0 Å². The fourth-order valence-corrected chi connectivity index (χ4v) is 2.59. The first-order chi connectivity index (χ1) is 11.0. The van der Waals surface area contributed by atoms with Crippen molar-refractivity contribution in [1.29, 1.82) is 0 Å². The summed E-state index contributed by atoms with van der Waals surface area (Å²) in [6, 6.07) is 10.6. The molecule has 0 amide bonds. The molecule has 0 bridgehead atoms. The molecule has 0 aliphatic heterocycles. The summed E-state index contributed by atoms with van der Waals surface area (Å²) in [7, 11) is 3.13. The number of fused-ring (bicyclic) bond motifs is 1. The van der Waals surface area contributed by atoms with Crippen LogP contribution in [0.25, 0.3) is 22.3 Å². The topological polar surface area (TPSA) is 68.9 Å². The lowest BCUT2D eigenvalue weighted by Crippen LogP contribution is -1.96. The Morgan fingerprint density at radius 2 is 1.78 bits per heavy atom. The molecule has 5 heteroatoms. The SMILES string of the molecule is COc1ccc(-c2cc3c(C(=O)O)cc(C)cc3o2)cc1OC. The van der Waals surface area contributed by atoms with Gasteiger partial charge >= 0.3 is 5.97 Å². The molecule has 2 aromatic carbocycles. The van der Waals surface area contributed by atoms with Crippen LogP contribution < -0.4 is 9.47 Å². The van der Waals surface area contributed by atoms with Gasteiger partial charge in [0, 0.05) is 10.9 Å². The normalized spacial score (nSPS) is 10.7. The van der Waals surface area contributed by atoms with Crippen molar-refractivity contribution in [2.75, 3.05) is 14.2 Å². The molecule has 0 saturated heterocycles. The maximum Gasteiger partial charge on any atom is 0.336 e. The Labute approximate surface area is 133 Å². The number of carboxylic acids is 1. The van der Waals surface area contributed by atoms with Crippen molar-refractivity contribution in [2.45, 2.75) is 6.92 Å². The molecule has 1 N–H and O–H groups in total. The third-order valence-corrected chi connectivity index (χ3v) is 3.68. The number of ether oxygens (including phenoxy) is 2. The highest BCUT2D eigenvalue weighted by Crippen LogP contribution is 2.35. The van der Waals surface area contributed by atoms with Crippen LogP contribution in [0.5, 0.6) is 11.5 Å². The summed E-state index contributed by atoms with van der Waals surface area (Å²) in [5.41, 5.74) is 2.40. The highest BCUT2D eigenvalue weighted by Gasteiger charge is 2.16. The van der Waals surface area contributed by atoms with Gasteiger partial charge in [0.05, 0.1) is 19.8 Å². The predicted molar refractivity (Wildman–Crippen MR) is 86.5 cm³/mol. The number of benzene rings is 2. The van der Waals surface area contributed by atoms with E-state index < -0.39 is 5.97 Å². The summed E-state index contributed by atoms with van der Waals surface area (Å²) >= 11 is 0. The van der Waals surface area contributed by atoms with Gasteiger partial charge in [-0.1, -0.05) is 0 Å². The highest BCUT2D eigenvalue weighted by molar-refractivity contribution is 6.03. The second-order valence-corrected chi connectivity index (χ2v) is 5.21. The van der Waals surface area contributed by atoms with Crippen molar-refractivity contribution in [3.05, 3.63) is 47.5 Å². The second kappa shape index (κ2) is 5.68. The summed E-state index contributed by atoms with van der Waals surface area (Å²) in [5.74, 6) is 0.807. The van der Waals surface area contributed by atoms with Gasteiger partial charge < -0.3 is 19.0 Å². The van der Waals surface area contributed by atoms with Crippen LogP contribution in [-0.4, -0.2) is 25.3 Å². The van der Waals surface area contributed by atoms with E-state index in [-0.39, 0.29) is 5.56 Å². The van der Waals surface area contributed by atoms with Crippen molar-refractivity contribution in [2.24, 2.45) is 0 Å². The first kappa shape index (κ1) is 15.0. The number of hydrogen-bond acceptors (Lipinski definition) is 4. The highest BCUT2D eigenvalue weighted by atomic mass is 16.5. The zero-order valence-corrected chi connectivity index (χ0v) is 13.0. The number of rotatable bonds is 4. The van der Waals surface area contributed by atoms with Crippen molar-refractivity contribution in [3.8, 4) is 22.8 Å². The predicted octanol–water partition coefficient (Wildman–Crippen LogP) is 4.12. The third kappa shape index (κ3) is 2.61. The summed E-state index contributed by atoms with van der Waals surface area (Å²) in [5, 5.41) is 9.94. The average molecular weight is 312 g/mol. The molecule has 0 saturated carbocycles. The number of hydrogen-bond donors (Lipinski definition) is 1. The molecule has 5 nitrogen and oxygen atoms in total. The summed E-state index contributed by atoms with van der Waals surface area (Å²) < 4.78 is 16.4. The lowest BCUT2D eigenvalue weighted by atomic mass is 10.1. The number of carboxylic acid groups (broad SMARTS) is 1. The molecule has 3 rings (SSSR count). The van der Waals surface area contributed by atoms with E-state index in [0.717, 1.165) is 11.1 Å². The molecule has 0 unspecified atom stereocenters. The van der Waals surface area contributed by atoms with Crippen LogP contribution >= 0.6 is 0 Å². The van der Waals surface area contributed by atoms with Crippen molar-refractivity contribution >= 4 is 16.9 Å². The molecule has 0 atom stereocenters. The molecule has 23 heavy (non-hydrogen) atoms. The van der Waals surface area contributed by atoms with Gasteiger partial charge in [0.15, 0.2) is 11.5 Å².